The first kappa shape index (κ1) is 21.5. The topological polar surface area (TPSA) is 59.9 Å². The molecule has 0 aliphatic rings. The summed E-state index contributed by atoms with van der Waals surface area (Å²) in [4.78, 5) is 7.07. The van der Waals surface area contributed by atoms with Crippen molar-refractivity contribution in [2.24, 2.45) is 4.99 Å². The number of aliphatic hydroxyl groups is 1. The fraction of sp³-hybridized carbons (Fsp3) is 0.650. The lowest BCUT2D eigenvalue weighted by Crippen LogP contribution is -2.38. The van der Waals surface area contributed by atoms with Crippen LogP contribution in [0.2, 0.25) is 0 Å². The van der Waals surface area contributed by atoms with Gasteiger partial charge in [-0.2, -0.15) is 0 Å². The zero-order valence-corrected chi connectivity index (χ0v) is 16.2. The minimum absolute atomic E-state index is 0.439. The number of hydrogen-bond acceptors (Lipinski definition) is 3. The van der Waals surface area contributed by atoms with Gasteiger partial charge in [0.05, 0.1) is 6.10 Å². The van der Waals surface area contributed by atoms with Gasteiger partial charge in [0, 0.05) is 19.6 Å². The molecule has 0 aromatic heterocycles. The highest BCUT2D eigenvalue weighted by atomic mass is 16.3. The van der Waals surface area contributed by atoms with Crippen LogP contribution in [0.3, 0.4) is 0 Å². The Morgan fingerprint density at radius 3 is 2.44 bits per heavy atom. The lowest BCUT2D eigenvalue weighted by atomic mass is 10.1. The van der Waals surface area contributed by atoms with E-state index in [9.17, 15) is 5.11 Å². The first-order valence-electron chi connectivity index (χ1n) is 9.68. The Hall–Kier alpha value is -1.59. The molecular formula is C20H36N4O. The van der Waals surface area contributed by atoms with E-state index in [1.165, 1.54) is 6.42 Å². The highest BCUT2D eigenvalue weighted by Crippen LogP contribution is 2.14. The SMILES string of the molecule is CCNC(=NCCCCN(CC)CC)NCCC(O)c1ccccc1. The molecule has 0 aliphatic heterocycles. The van der Waals surface area contributed by atoms with Crippen LogP contribution in [0, 0.1) is 0 Å². The molecule has 5 nitrogen and oxygen atoms in total. The first-order valence-corrected chi connectivity index (χ1v) is 9.68. The van der Waals surface area contributed by atoms with Gasteiger partial charge in [-0.1, -0.05) is 44.2 Å². The van der Waals surface area contributed by atoms with E-state index in [4.69, 9.17) is 0 Å². The van der Waals surface area contributed by atoms with Gasteiger partial charge in [0.2, 0.25) is 0 Å². The fourth-order valence-electron chi connectivity index (χ4n) is 2.69. The highest BCUT2D eigenvalue weighted by Gasteiger charge is 2.07. The molecule has 0 aliphatic carbocycles. The third-order valence-electron chi connectivity index (χ3n) is 4.29. The standard InChI is InChI=1S/C20H36N4O/c1-4-21-20(22-15-10-11-17-24(5-2)6-3)23-16-14-19(25)18-12-8-7-9-13-18/h7-9,12-13,19,25H,4-6,10-11,14-17H2,1-3H3,(H2,21,22,23). The highest BCUT2D eigenvalue weighted by molar-refractivity contribution is 5.79. The lowest BCUT2D eigenvalue weighted by Gasteiger charge is -2.17. The minimum Gasteiger partial charge on any atom is -0.388 e. The lowest BCUT2D eigenvalue weighted by molar-refractivity contribution is 0.168. The quantitative estimate of drug-likeness (QED) is 0.309. The van der Waals surface area contributed by atoms with Gasteiger partial charge in [0.15, 0.2) is 5.96 Å². The number of guanidine groups is 1. The van der Waals surface area contributed by atoms with E-state index in [0.717, 1.165) is 50.7 Å². The number of aliphatic imine (C=N–C) groups is 1. The van der Waals surface area contributed by atoms with Crippen molar-refractivity contribution in [3.63, 3.8) is 0 Å². The Bertz CT molecular complexity index is 460. The molecule has 0 saturated heterocycles. The first-order chi connectivity index (χ1) is 12.2. The summed E-state index contributed by atoms with van der Waals surface area (Å²) in [6.45, 7) is 12.2. The van der Waals surface area contributed by atoms with Crippen LogP contribution in [0.25, 0.3) is 0 Å². The Balaban J connectivity index is 2.28. The molecule has 0 heterocycles. The van der Waals surface area contributed by atoms with Crippen molar-refractivity contribution in [1.29, 1.82) is 0 Å². The largest absolute Gasteiger partial charge is 0.388 e. The summed E-state index contributed by atoms with van der Waals surface area (Å²) >= 11 is 0. The molecule has 0 bridgehead atoms. The van der Waals surface area contributed by atoms with Gasteiger partial charge in [0.25, 0.3) is 0 Å². The zero-order chi connectivity index (χ0) is 18.3. The third kappa shape index (κ3) is 9.46. The van der Waals surface area contributed by atoms with E-state index in [1.807, 2.05) is 30.3 Å². The van der Waals surface area contributed by atoms with Gasteiger partial charge >= 0.3 is 0 Å². The second-order valence-corrected chi connectivity index (χ2v) is 6.14. The molecular weight excluding hydrogens is 312 g/mol. The summed E-state index contributed by atoms with van der Waals surface area (Å²) in [5.41, 5.74) is 0.961. The normalized spacial score (nSPS) is 13.1. The van der Waals surface area contributed by atoms with Crippen LogP contribution in [0.15, 0.2) is 35.3 Å². The molecule has 1 unspecified atom stereocenters. The summed E-state index contributed by atoms with van der Waals surface area (Å²) in [7, 11) is 0. The number of benzene rings is 1. The van der Waals surface area contributed by atoms with E-state index in [1.54, 1.807) is 0 Å². The van der Waals surface area contributed by atoms with Gasteiger partial charge in [-0.3, -0.25) is 4.99 Å². The van der Waals surface area contributed by atoms with Crippen LogP contribution in [-0.4, -0.2) is 55.2 Å². The molecule has 0 fully saturated rings. The second kappa shape index (κ2) is 13.7. The van der Waals surface area contributed by atoms with Gasteiger partial charge < -0.3 is 20.6 Å². The van der Waals surface area contributed by atoms with Crippen LogP contribution < -0.4 is 10.6 Å². The average Bonchev–Trinajstić information content (AvgIpc) is 2.65. The van der Waals surface area contributed by atoms with E-state index >= 15 is 0 Å². The summed E-state index contributed by atoms with van der Waals surface area (Å²) in [5.74, 6) is 0.839. The maximum atomic E-state index is 10.2. The number of unbranched alkanes of at least 4 members (excludes halogenated alkanes) is 1. The number of aliphatic hydroxyl groups excluding tert-OH is 1. The molecule has 0 amide bonds. The minimum atomic E-state index is -0.439. The summed E-state index contributed by atoms with van der Waals surface area (Å²) in [6.07, 6.45) is 2.50. The Morgan fingerprint density at radius 2 is 1.80 bits per heavy atom. The summed E-state index contributed by atoms with van der Waals surface area (Å²) in [6, 6.07) is 9.79. The number of nitrogens with zero attached hydrogens (tertiary/aromatic N) is 2. The van der Waals surface area contributed by atoms with E-state index in [0.29, 0.717) is 13.0 Å². The number of hydrogen-bond donors (Lipinski definition) is 3. The predicted octanol–water partition coefficient (Wildman–Crippen LogP) is 2.79. The molecule has 5 heteroatoms. The molecule has 1 atom stereocenters. The summed E-state index contributed by atoms with van der Waals surface area (Å²) in [5, 5.41) is 16.8. The molecule has 1 aromatic carbocycles. The smallest absolute Gasteiger partial charge is 0.191 e. The van der Waals surface area contributed by atoms with Crippen molar-refractivity contribution in [2.45, 2.75) is 46.1 Å². The van der Waals surface area contributed by atoms with E-state index < -0.39 is 6.10 Å². The van der Waals surface area contributed by atoms with Crippen LogP contribution in [0.1, 0.15) is 51.7 Å². The maximum Gasteiger partial charge on any atom is 0.191 e. The number of rotatable bonds is 12. The zero-order valence-electron chi connectivity index (χ0n) is 16.2. The van der Waals surface area contributed by atoms with Crippen LogP contribution in [-0.2, 0) is 0 Å². The van der Waals surface area contributed by atoms with E-state index in [2.05, 4.69) is 41.3 Å². The molecule has 0 saturated carbocycles. The Morgan fingerprint density at radius 1 is 1.08 bits per heavy atom. The molecule has 25 heavy (non-hydrogen) atoms. The van der Waals surface area contributed by atoms with Gasteiger partial charge in [0.1, 0.15) is 0 Å². The van der Waals surface area contributed by atoms with Crippen molar-refractivity contribution < 1.29 is 5.11 Å². The van der Waals surface area contributed by atoms with Crippen molar-refractivity contribution in [1.82, 2.24) is 15.5 Å². The van der Waals surface area contributed by atoms with Gasteiger partial charge in [-0.05, 0) is 51.4 Å². The summed E-state index contributed by atoms with van der Waals surface area (Å²) < 4.78 is 0. The third-order valence-corrected chi connectivity index (χ3v) is 4.29. The predicted molar refractivity (Wildman–Crippen MR) is 107 cm³/mol. The van der Waals surface area contributed by atoms with Crippen molar-refractivity contribution in [3.05, 3.63) is 35.9 Å². The van der Waals surface area contributed by atoms with Gasteiger partial charge in [-0.15, -0.1) is 0 Å². The average molecular weight is 349 g/mol. The molecule has 0 radical (unpaired) electrons. The van der Waals surface area contributed by atoms with Crippen LogP contribution in [0.4, 0.5) is 0 Å². The Kier molecular flexibility index (Phi) is 11.7. The van der Waals surface area contributed by atoms with Crippen molar-refractivity contribution in [3.8, 4) is 0 Å². The number of nitrogens with one attached hydrogen (secondary N) is 2. The Labute approximate surface area is 153 Å². The van der Waals surface area contributed by atoms with Crippen LogP contribution in [0.5, 0.6) is 0 Å². The van der Waals surface area contributed by atoms with Crippen molar-refractivity contribution in [2.75, 3.05) is 39.3 Å². The van der Waals surface area contributed by atoms with Crippen LogP contribution >= 0.6 is 0 Å². The monoisotopic (exact) mass is 348 g/mol. The van der Waals surface area contributed by atoms with Crippen molar-refractivity contribution >= 4 is 5.96 Å². The maximum absolute atomic E-state index is 10.2. The second-order valence-electron chi connectivity index (χ2n) is 6.14. The molecule has 142 valence electrons. The molecule has 1 rings (SSSR count). The molecule has 0 spiro atoms. The molecule has 3 N–H and O–H groups in total. The fourth-order valence-corrected chi connectivity index (χ4v) is 2.69. The van der Waals surface area contributed by atoms with E-state index in [-0.39, 0.29) is 0 Å². The van der Waals surface area contributed by atoms with Gasteiger partial charge in [-0.25, -0.2) is 0 Å². The molecule has 1 aromatic rings.